The number of aryl methyl sites for hydroxylation is 1. The summed E-state index contributed by atoms with van der Waals surface area (Å²) in [6.45, 7) is 3.75. The van der Waals surface area contributed by atoms with Crippen molar-refractivity contribution in [2.45, 2.75) is 38.8 Å². The molecule has 1 aliphatic heterocycles. The first-order chi connectivity index (χ1) is 13.1. The van der Waals surface area contributed by atoms with Gasteiger partial charge in [-0.2, -0.15) is 5.10 Å². The Labute approximate surface area is 162 Å². The fourth-order valence-electron chi connectivity index (χ4n) is 2.99. The highest BCUT2D eigenvalue weighted by Gasteiger charge is 2.18. The third-order valence-electron chi connectivity index (χ3n) is 4.32. The molecule has 3 N–H and O–H groups in total. The lowest BCUT2D eigenvalue weighted by molar-refractivity contribution is 0.0937. The number of hydrogen-bond donors (Lipinski definition) is 3. The summed E-state index contributed by atoms with van der Waals surface area (Å²) in [7, 11) is 0. The van der Waals surface area contributed by atoms with Crippen molar-refractivity contribution in [1.82, 2.24) is 25.9 Å². The highest BCUT2D eigenvalue weighted by Crippen LogP contribution is 2.13. The van der Waals surface area contributed by atoms with Crippen LogP contribution in [0.15, 0.2) is 29.1 Å². The Balaban J connectivity index is 1.70. The standard InChI is InChI=1S/C18H23N5O3S/c1-2-9-23-17(25)14-8-4-3-7-13(14)15(22-23)16(24)20-21-18(27)19-11-12-6-5-10-26-12/h3-4,7-8,12H,2,5-6,9-11H2,1H3,(H,20,24)(H2,19,21,27)/t12-/m0/s1. The number of nitrogens with one attached hydrogen (secondary N) is 3. The van der Waals surface area contributed by atoms with E-state index in [2.05, 4.69) is 21.3 Å². The first kappa shape index (κ1) is 19.2. The van der Waals surface area contributed by atoms with Gasteiger partial charge in [0.1, 0.15) is 0 Å². The molecule has 0 bridgehead atoms. The first-order valence-electron chi connectivity index (χ1n) is 9.05. The normalized spacial score (nSPS) is 16.3. The van der Waals surface area contributed by atoms with Gasteiger partial charge in [-0.3, -0.25) is 20.4 Å². The van der Waals surface area contributed by atoms with Crippen LogP contribution in [0.1, 0.15) is 36.7 Å². The number of aromatic nitrogens is 2. The fraction of sp³-hybridized carbons (Fsp3) is 0.444. The zero-order valence-electron chi connectivity index (χ0n) is 15.2. The lowest BCUT2D eigenvalue weighted by Gasteiger charge is -2.15. The molecule has 27 heavy (non-hydrogen) atoms. The molecule has 1 aromatic heterocycles. The highest BCUT2D eigenvalue weighted by atomic mass is 32.1. The van der Waals surface area contributed by atoms with Gasteiger partial charge in [0.05, 0.1) is 11.5 Å². The number of rotatable bonds is 5. The summed E-state index contributed by atoms with van der Waals surface area (Å²) in [6.07, 6.45) is 2.93. The summed E-state index contributed by atoms with van der Waals surface area (Å²) in [4.78, 5) is 25.1. The summed E-state index contributed by atoms with van der Waals surface area (Å²) in [5.74, 6) is -0.461. The molecule has 1 saturated heterocycles. The molecule has 144 valence electrons. The average Bonchev–Trinajstić information content (AvgIpc) is 3.20. The Hall–Kier alpha value is -2.52. The number of fused-ring (bicyclic) bond motifs is 1. The molecule has 0 saturated carbocycles. The van der Waals surface area contributed by atoms with Crippen LogP contribution in [-0.2, 0) is 11.3 Å². The van der Waals surface area contributed by atoms with Crippen molar-refractivity contribution in [3.05, 3.63) is 40.3 Å². The predicted octanol–water partition coefficient (Wildman–Crippen LogP) is 1.09. The van der Waals surface area contributed by atoms with Crippen molar-refractivity contribution in [3.8, 4) is 0 Å². The van der Waals surface area contributed by atoms with Crippen molar-refractivity contribution in [3.63, 3.8) is 0 Å². The summed E-state index contributed by atoms with van der Waals surface area (Å²) >= 11 is 5.17. The van der Waals surface area contributed by atoms with Gasteiger partial charge in [-0.05, 0) is 37.5 Å². The minimum absolute atomic E-state index is 0.142. The van der Waals surface area contributed by atoms with E-state index in [1.165, 1.54) is 4.68 Å². The summed E-state index contributed by atoms with van der Waals surface area (Å²) in [5, 5.41) is 8.53. The number of hydrazine groups is 1. The van der Waals surface area contributed by atoms with Gasteiger partial charge in [0.25, 0.3) is 11.5 Å². The summed E-state index contributed by atoms with van der Waals surface area (Å²) in [6, 6.07) is 6.95. The lowest BCUT2D eigenvalue weighted by atomic mass is 10.1. The van der Waals surface area contributed by atoms with Gasteiger partial charge in [0.2, 0.25) is 0 Å². The minimum Gasteiger partial charge on any atom is -0.376 e. The van der Waals surface area contributed by atoms with Gasteiger partial charge in [-0.25, -0.2) is 4.68 Å². The van der Waals surface area contributed by atoms with Gasteiger partial charge in [-0.1, -0.05) is 25.1 Å². The summed E-state index contributed by atoms with van der Waals surface area (Å²) < 4.78 is 6.84. The summed E-state index contributed by atoms with van der Waals surface area (Å²) in [5.41, 5.74) is 5.19. The van der Waals surface area contributed by atoms with E-state index in [4.69, 9.17) is 17.0 Å². The van der Waals surface area contributed by atoms with Crippen LogP contribution in [0.2, 0.25) is 0 Å². The third-order valence-corrected chi connectivity index (χ3v) is 4.57. The zero-order chi connectivity index (χ0) is 19.2. The molecule has 1 aromatic carbocycles. The van der Waals surface area contributed by atoms with E-state index in [-0.39, 0.29) is 17.4 Å². The number of carbonyl (C=O) groups excluding carboxylic acids is 1. The van der Waals surface area contributed by atoms with Gasteiger partial charge >= 0.3 is 0 Å². The SMILES string of the molecule is CCCn1nc(C(=O)NNC(=S)NC[C@@H]2CCCO2)c2ccccc2c1=O. The Morgan fingerprint density at radius 2 is 2.11 bits per heavy atom. The molecule has 8 nitrogen and oxygen atoms in total. The van der Waals surface area contributed by atoms with Crippen LogP contribution >= 0.6 is 12.2 Å². The molecule has 2 heterocycles. The fourth-order valence-corrected chi connectivity index (χ4v) is 3.13. The van der Waals surface area contributed by atoms with E-state index in [1.807, 2.05) is 6.92 Å². The number of carbonyl (C=O) groups is 1. The van der Waals surface area contributed by atoms with E-state index in [0.29, 0.717) is 29.0 Å². The van der Waals surface area contributed by atoms with Crippen LogP contribution in [0.25, 0.3) is 10.8 Å². The first-order valence-corrected chi connectivity index (χ1v) is 9.46. The number of amides is 1. The molecular weight excluding hydrogens is 366 g/mol. The third kappa shape index (κ3) is 4.61. The van der Waals surface area contributed by atoms with Crippen LogP contribution < -0.4 is 21.7 Å². The monoisotopic (exact) mass is 389 g/mol. The molecule has 0 unspecified atom stereocenters. The zero-order valence-corrected chi connectivity index (χ0v) is 16.0. The highest BCUT2D eigenvalue weighted by molar-refractivity contribution is 7.80. The topological polar surface area (TPSA) is 97.3 Å². The van der Waals surface area contributed by atoms with Crippen LogP contribution in [0.5, 0.6) is 0 Å². The van der Waals surface area contributed by atoms with Crippen LogP contribution in [0, 0.1) is 0 Å². The molecule has 1 aliphatic rings. The molecule has 3 rings (SSSR count). The Morgan fingerprint density at radius 1 is 1.33 bits per heavy atom. The van der Waals surface area contributed by atoms with Crippen molar-refractivity contribution >= 4 is 34.0 Å². The Morgan fingerprint density at radius 3 is 2.81 bits per heavy atom. The largest absolute Gasteiger partial charge is 0.376 e. The van der Waals surface area contributed by atoms with Crippen molar-refractivity contribution < 1.29 is 9.53 Å². The molecule has 1 amide bonds. The van der Waals surface area contributed by atoms with E-state index >= 15 is 0 Å². The number of thiocarbonyl (C=S) groups is 1. The van der Waals surface area contributed by atoms with Crippen molar-refractivity contribution in [1.29, 1.82) is 0 Å². The minimum atomic E-state index is -0.461. The molecular formula is C18H23N5O3S. The quantitative estimate of drug-likeness (QED) is 0.520. The van der Waals surface area contributed by atoms with Crippen molar-refractivity contribution in [2.24, 2.45) is 0 Å². The Kier molecular flexibility index (Phi) is 6.36. The smallest absolute Gasteiger partial charge is 0.290 e. The van der Waals surface area contributed by atoms with Gasteiger partial charge < -0.3 is 10.1 Å². The molecule has 1 atom stereocenters. The van der Waals surface area contributed by atoms with Crippen LogP contribution in [-0.4, -0.2) is 40.1 Å². The molecule has 1 fully saturated rings. The molecule has 0 radical (unpaired) electrons. The number of nitrogens with zero attached hydrogens (tertiary/aromatic N) is 2. The maximum absolute atomic E-state index is 12.6. The predicted molar refractivity (Wildman–Crippen MR) is 106 cm³/mol. The van der Waals surface area contributed by atoms with E-state index in [0.717, 1.165) is 25.9 Å². The second kappa shape index (κ2) is 8.92. The molecule has 0 spiro atoms. The van der Waals surface area contributed by atoms with Crippen LogP contribution in [0.3, 0.4) is 0 Å². The van der Waals surface area contributed by atoms with E-state index in [9.17, 15) is 9.59 Å². The van der Waals surface area contributed by atoms with Gasteiger partial charge in [0, 0.05) is 25.1 Å². The maximum atomic E-state index is 12.6. The molecule has 2 aromatic rings. The van der Waals surface area contributed by atoms with E-state index < -0.39 is 5.91 Å². The van der Waals surface area contributed by atoms with E-state index in [1.54, 1.807) is 24.3 Å². The number of hydrogen-bond acceptors (Lipinski definition) is 5. The average molecular weight is 389 g/mol. The van der Waals surface area contributed by atoms with Crippen molar-refractivity contribution in [2.75, 3.05) is 13.2 Å². The van der Waals surface area contributed by atoms with Gasteiger partial charge in [-0.15, -0.1) is 0 Å². The molecule has 0 aliphatic carbocycles. The van der Waals surface area contributed by atoms with Gasteiger partial charge in [0.15, 0.2) is 10.8 Å². The number of benzene rings is 1. The Bertz CT molecular complexity index is 892. The lowest BCUT2D eigenvalue weighted by Crippen LogP contribution is -2.48. The second-order valence-electron chi connectivity index (χ2n) is 6.35. The second-order valence-corrected chi connectivity index (χ2v) is 6.75. The number of ether oxygens (including phenoxy) is 1. The molecule has 9 heteroatoms. The maximum Gasteiger partial charge on any atom is 0.290 e. The van der Waals surface area contributed by atoms with Crippen LogP contribution in [0.4, 0.5) is 0 Å².